The second-order valence-corrected chi connectivity index (χ2v) is 4.77. The zero-order chi connectivity index (χ0) is 10.9. The first-order chi connectivity index (χ1) is 6.45. The van der Waals surface area contributed by atoms with Crippen LogP contribution in [0.4, 0.5) is 0 Å². The van der Waals surface area contributed by atoms with Gasteiger partial charge in [-0.1, -0.05) is 20.8 Å². The van der Waals surface area contributed by atoms with Gasteiger partial charge in [0.15, 0.2) is 0 Å². The Morgan fingerprint density at radius 1 is 1.43 bits per heavy atom. The molecule has 0 aliphatic carbocycles. The van der Waals surface area contributed by atoms with E-state index in [-0.39, 0.29) is 12.0 Å². The summed E-state index contributed by atoms with van der Waals surface area (Å²) < 4.78 is 0. The van der Waals surface area contributed by atoms with Crippen LogP contribution in [-0.4, -0.2) is 34.6 Å². The van der Waals surface area contributed by atoms with Crippen LogP contribution < -0.4 is 0 Å². The molecule has 3 heteroatoms. The zero-order valence-electron chi connectivity index (χ0n) is 9.53. The van der Waals surface area contributed by atoms with Gasteiger partial charge < -0.3 is 5.11 Å². The molecular formula is C11H21NO2. The minimum Gasteiger partial charge on any atom is -0.480 e. The number of hydrogen-bond acceptors (Lipinski definition) is 2. The van der Waals surface area contributed by atoms with Gasteiger partial charge >= 0.3 is 5.97 Å². The van der Waals surface area contributed by atoms with Gasteiger partial charge in [0.1, 0.15) is 6.04 Å². The number of aliphatic carboxylic acids is 1. The van der Waals surface area contributed by atoms with E-state index in [0.717, 1.165) is 13.0 Å². The Bertz CT molecular complexity index is 215. The molecule has 1 aliphatic rings. The van der Waals surface area contributed by atoms with Crippen LogP contribution in [0.25, 0.3) is 0 Å². The van der Waals surface area contributed by atoms with Crippen LogP contribution in [-0.2, 0) is 4.79 Å². The Hall–Kier alpha value is -0.570. The van der Waals surface area contributed by atoms with Gasteiger partial charge in [0.2, 0.25) is 0 Å². The fourth-order valence-corrected chi connectivity index (χ4v) is 2.33. The number of carboxylic acids is 1. The predicted molar refractivity (Wildman–Crippen MR) is 56.2 cm³/mol. The van der Waals surface area contributed by atoms with Crippen molar-refractivity contribution in [3.8, 4) is 0 Å². The fraction of sp³-hybridized carbons (Fsp3) is 0.909. The fourth-order valence-electron chi connectivity index (χ4n) is 2.33. The Morgan fingerprint density at radius 2 is 2.00 bits per heavy atom. The molecule has 0 aromatic carbocycles. The number of carboxylic acid groups (broad SMARTS) is 1. The van der Waals surface area contributed by atoms with E-state index in [1.807, 2.05) is 13.8 Å². The van der Waals surface area contributed by atoms with E-state index in [0.29, 0.717) is 12.0 Å². The number of rotatable bonds is 3. The van der Waals surface area contributed by atoms with Crippen molar-refractivity contribution in [3.63, 3.8) is 0 Å². The lowest BCUT2D eigenvalue weighted by Gasteiger charge is -2.31. The van der Waals surface area contributed by atoms with Crippen molar-refractivity contribution in [1.82, 2.24) is 4.90 Å². The van der Waals surface area contributed by atoms with E-state index in [2.05, 4.69) is 18.7 Å². The van der Waals surface area contributed by atoms with E-state index in [9.17, 15) is 4.79 Å². The molecule has 3 unspecified atom stereocenters. The molecule has 0 aromatic heterocycles. The highest BCUT2D eigenvalue weighted by atomic mass is 16.4. The minimum absolute atomic E-state index is 0.181. The van der Waals surface area contributed by atoms with E-state index >= 15 is 0 Å². The van der Waals surface area contributed by atoms with Crippen LogP contribution in [0.15, 0.2) is 0 Å². The monoisotopic (exact) mass is 199 g/mol. The molecule has 1 rings (SSSR count). The minimum atomic E-state index is -0.680. The molecule has 1 aliphatic heterocycles. The topological polar surface area (TPSA) is 40.5 Å². The van der Waals surface area contributed by atoms with E-state index in [1.54, 1.807) is 0 Å². The molecule has 1 N–H and O–H groups in total. The molecule has 1 heterocycles. The van der Waals surface area contributed by atoms with Crippen molar-refractivity contribution >= 4 is 5.97 Å². The molecule has 0 aromatic rings. The first kappa shape index (κ1) is 11.5. The van der Waals surface area contributed by atoms with Crippen molar-refractivity contribution in [3.05, 3.63) is 0 Å². The molecule has 0 spiro atoms. The second-order valence-electron chi connectivity index (χ2n) is 4.77. The average molecular weight is 199 g/mol. The number of hydrogen-bond donors (Lipinski definition) is 1. The quantitative estimate of drug-likeness (QED) is 0.753. The lowest BCUT2D eigenvalue weighted by atomic mass is 10.00. The van der Waals surface area contributed by atoms with E-state index in [4.69, 9.17) is 5.11 Å². The molecule has 0 amide bonds. The van der Waals surface area contributed by atoms with Gasteiger partial charge in [0.25, 0.3) is 0 Å². The first-order valence-electron chi connectivity index (χ1n) is 5.43. The second kappa shape index (κ2) is 4.30. The zero-order valence-corrected chi connectivity index (χ0v) is 9.53. The predicted octanol–water partition coefficient (Wildman–Crippen LogP) is 1.83. The lowest BCUT2D eigenvalue weighted by Crippen LogP contribution is -2.47. The smallest absolute Gasteiger partial charge is 0.321 e. The number of nitrogens with zero attached hydrogens (tertiary/aromatic N) is 1. The van der Waals surface area contributed by atoms with E-state index < -0.39 is 5.97 Å². The van der Waals surface area contributed by atoms with Gasteiger partial charge in [-0.2, -0.15) is 0 Å². The third-order valence-corrected chi connectivity index (χ3v) is 3.43. The summed E-state index contributed by atoms with van der Waals surface area (Å²) in [4.78, 5) is 13.3. The Kier molecular flexibility index (Phi) is 3.53. The third-order valence-electron chi connectivity index (χ3n) is 3.43. The molecule has 0 radical (unpaired) electrons. The highest BCUT2D eigenvalue weighted by Gasteiger charge is 2.37. The molecule has 0 bridgehead atoms. The Labute approximate surface area is 86.1 Å². The summed E-state index contributed by atoms with van der Waals surface area (Å²) in [6, 6.07) is 0.0912. The molecule has 14 heavy (non-hydrogen) atoms. The molecule has 1 saturated heterocycles. The molecular weight excluding hydrogens is 178 g/mol. The van der Waals surface area contributed by atoms with E-state index in [1.165, 1.54) is 0 Å². The van der Waals surface area contributed by atoms with Crippen LogP contribution in [0.5, 0.6) is 0 Å². The lowest BCUT2D eigenvalue weighted by molar-refractivity contribution is -0.145. The van der Waals surface area contributed by atoms with Crippen molar-refractivity contribution in [1.29, 1.82) is 0 Å². The maximum Gasteiger partial charge on any atom is 0.321 e. The first-order valence-corrected chi connectivity index (χ1v) is 5.43. The Morgan fingerprint density at radius 3 is 2.29 bits per heavy atom. The van der Waals surface area contributed by atoms with Gasteiger partial charge in [-0.25, -0.2) is 0 Å². The maximum atomic E-state index is 11.1. The summed E-state index contributed by atoms with van der Waals surface area (Å²) in [5.74, 6) is 0.122. The van der Waals surface area contributed by atoms with Crippen molar-refractivity contribution in [2.45, 2.75) is 46.2 Å². The molecule has 82 valence electrons. The number of carbonyl (C=O) groups is 1. The average Bonchev–Trinajstić information content (AvgIpc) is 2.35. The highest BCUT2D eigenvalue weighted by Crippen LogP contribution is 2.28. The van der Waals surface area contributed by atoms with Crippen LogP contribution in [0, 0.1) is 11.8 Å². The highest BCUT2D eigenvalue weighted by molar-refractivity contribution is 5.73. The maximum absolute atomic E-state index is 11.1. The Balaban J connectivity index is 2.74. The van der Waals surface area contributed by atoms with Gasteiger partial charge in [-0.15, -0.1) is 0 Å². The van der Waals surface area contributed by atoms with Crippen molar-refractivity contribution in [2.75, 3.05) is 6.54 Å². The van der Waals surface area contributed by atoms with Crippen molar-refractivity contribution < 1.29 is 9.90 Å². The summed E-state index contributed by atoms with van der Waals surface area (Å²) in [7, 11) is 0. The normalized spacial score (nSPS) is 30.9. The molecule has 1 fully saturated rings. The third kappa shape index (κ3) is 2.08. The molecule has 3 nitrogen and oxygen atoms in total. The van der Waals surface area contributed by atoms with Crippen LogP contribution in [0.1, 0.15) is 34.1 Å². The summed E-state index contributed by atoms with van der Waals surface area (Å²) >= 11 is 0. The summed E-state index contributed by atoms with van der Waals surface area (Å²) in [5, 5.41) is 9.17. The standard InChI is InChI=1S/C11H21NO2/c1-7(2)10(11(13)14)12-6-5-8(3)9(12)4/h7-10H,5-6H2,1-4H3,(H,13,14). The molecule has 3 atom stereocenters. The van der Waals surface area contributed by atoms with Crippen LogP contribution >= 0.6 is 0 Å². The molecule has 0 saturated carbocycles. The van der Waals surface area contributed by atoms with Crippen molar-refractivity contribution in [2.24, 2.45) is 11.8 Å². The van der Waals surface area contributed by atoms with Gasteiger partial charge in [-0.05, 0) is 31.7 Å². The van der Waals surface area contributed by atoms with Crippen LogP contribution in [0.3, 0.4) is 0 Å². The SMILES string of the molecule is CC(C)C(C(=O)O)N1CCC(C)C1C. The number of likely N-dealkylation sites (tertiary alicyclic amines) is 1. The van der Waals surface area contributed by atoms with Gasteiger partial charge in [0.05, 0.1) is 0 Å². The van der Waals surface area contributed by atoms with Crippen LogP contribution in [0.2, 0.25) is 0 Å². The summed E-state index contributed by atoms with van der Waals surface area (Å²) in [5.41, 5.74) is 0. The van der Waals surface area contributed by atoms with Gasteiger partial charge in [0, 0.05) is 6.04 Å². The largest absolute Gasteiger partial charge is 0.480 e. The van der Waals surface area contributed by atoms with Gasteiger partial charge in [-0.3, -0.25) is 9.69 Å². The summed E-state index contributed by atoms with van der Waals surface area (Å²) in [6.07, 6.45) is 1.12. The summed E-state index contributed by atoms with van der Waals surface area (Å²) in [6.45, 7) is 9.22.